The van der Waals surface area contributed by atoms with Gasteiger partial charge in [0.25, 0.3) is 0 Å². The summed E-state index contributed by atoms with van der Waals surface area (Å²) >= 11 is 3.18. The Balaban J connectivity index is 1.68. The van der Waals surface area contributed by atoms with Crippen LogP contribution in [0.5, 0.6) is 0 Å². The van der Waals surface area contributed by atoms with Crippen molar-refractivity contribution in [1.29, 1.82) is 0 Å². The molecule has 0 saturated carbocycles. The molecule has 0 bridgehead atoms. The Morgan fingerprint density at radius 2 is 1.91 bits per heavy atom. The summed E-state index contributed by atoms with van der Waals surface area (Å²) in [6, 6.07) is 5.54. The van der Waals surface area contributed by atoms with Gasteiger partial charge >= 0.3 is 0 Å². The maximum Gasteiger partial charge on any atom is 0.150 e. The zero-order valence-electron chi connectivity index (χ0n) is 19.6. The molecule has 34 heavy (non-hydrogen) atoms. The molecule has 3 aromatic rings. The maximum atomic E-state index is 15.3. The molecule has 4 nitrogen and oxygen atoms in total. The second-order valence-electron chi connectivity index (χ2n) is 10.1. The number of rotatable bonds is 4. The standard InChI is InChI=1S/C26H29BrF3N3O/c1-15-10-18-17(7-8-22-19(18)13-31-33(22)23-6-4-5-9-34-23)25(32(15)14-26(2,3)30)24-20(28)11-16(27)12-21(24)29/h7-8,11-13,15,23,25H,4-6,9-10,14H2,1-3H3/t15-,23?,25?/m1/s1. The van der Waals surface area contributed by atoms with Crippen molar-refractivity contribution in [1.82, 2.24) is 14.7 Å². The average Bonchev–Trinajstić information content (AvgIpc) is 3.19. The first kappa shape index (κ1) is 23.8. The number of aromatic nitrogens is 2. The van der Waals surface area contributed by atoms with Crippen molar-refractivity contribution in [3.8, 4) is 0 Å². The highest BCUT2D eigenvalue weighted by Gasteiger charge is 2.40. The van der Waals surface area contributed by atoms with Gasteiger partial charge in [0.05, 0.1) is 17.8 Å². The summed E-state index contributed by atoms with van der Waals surface area (Å²) in [6.45, 7) is 5.76. The first-order valence-electron chi connectivity index (χ1n) is 11.8. The van der Waals surface area contributed by atoms with Gasteiger partial charge in [-0.25, -0.2) is 17.9 Å². The monoisotopic (exact) mass is 535 g/mol. The van der Waals surface area contributed by atoms with Gasteiger partial charge in [-0.3, -0.25) is 4.90 Å². The number of halogens is 4. The van der Waals surface area contributed by atoms with Crippen molar-refractivity contribution >= 4 is 26.8 Å². The van der Waals surface area contributed by atoms with Crippen LogP contribution in [0.3, 0.4) is 0 Å². The molecule has 2 aromatic carbocycles. The molecule has 1 saturated heterocycles. The van der Waals surface area contributed by atoms with Crippen LogP contribution in [0, 0.1) is 11.6 Å². The minimum absolute atomic E-state index is 0.0531. The third-order valence-corrected chi connectivity index (χ3v) is 7.38. The van der Waals surface area contributed by atoms with Crippen molar-refractivity contribution in [2.45, 2.75) is 70.4 Å². The molecule has 2 unspecified atom stereocenters. The number of nitrogens with zero attached hydrogens (tertiary/aromatic N) is 3. The molecule has 1 fully saturated rings. The van der Waals surface area contributed by atoms with Crippen molar-refractivity contribution < 1.29 is 17.9 Å². The van der Waals surface area contributed by atoms with Gasteiger partial charge in [0.15, 0.2) is 6.23 Å². The van der Waals surface area contributed by atoms with Gasteiger partial charge in [-0.05, 0) is 75.8 Å². The lowest BCUT2D eigenvalue weighted by atomic mass is 9.82. The molecule has 0 aliphatic carbocycles. The first-order valence-corrected chi connectivity index (χ1v) is 12.6. The Morgan fingerprint density at radius 1 is 1.18 bits per heavy atom. The summed E-state index contributed by atoms with van der Waals surface area (Å²) < 4.78 is 53.6. The smallest absolute Gasteiger partial charge is 0.150 e. The van der Waals surface area contributed by atoms with Gasteiger partial charge in [0, 0.05) is 34.6 Å². The average molecular weight is 536 g/mol. The number of hydrogen-bond acceptors (Lipinski definition) is 3. The number of benzene rings is 2. The van der Waals surface area contributed by atoms with E-state index in [4.69, 9.17) is 4.74 Å². The molecule has 8 heteroatoms. The van der Waals surface area contributed by atoms with E-state index in [0.29, 0.717) is 17.5 Å². The summed E-state index contributed by atoms with van der Waals surface area (Å²) in [5.41, 5.74) is 1.17. The first-order chi connectivity index (χ1) is 16.1. The van der Waals surface area contributed by atoms with Gasteiger partial charge in [0.1, 0.15) is 17.3 Å². The van der Waals surface area contributed by atoms with Gasteiger partial charge < -0.3 is 4.74 Å². The van der Waals surface area contributed by atoms with Crippen molar-refractivity contribution in [3.63, 3.8) is 0 Å². The van der Waals surface area contributed by atoms with Gasteiger partial charge in [0.2, 0.25) is 0 Å². The van der Waals surface area contributed by atoms with E-state index < -0.39 is 23.3 Å². The van der Waals surface area contributed by atoms with Crippen LogP contribution in [-0.2, 0) is 11.2 Å². The van der Waals surface area contributed by atoms with E-state index in [-0.39, 0.29) is 24.4 Å². The number of ether oxygens (including phenoxy) is 1. The van der Waals surface area contributed by atoms with Crippen LogP contribution in [0.4, 0.5) is 13.2 Å². The third-order valence-electron chi connectivity index (χ3n) is 6.92. The molecule has 2 aliphatic rings. The molecule has 3 atom stereocenters. The molecule has 182 valence electrons. The van der Waals surface area contributed by atoms with Crippen LogP contribution in [-0.4, -0.2) is 39.5 Å². The van der Waals surface area contributed by atoms with E-state index in [1.54, 1.807) is 0 Å². The van der Waals surface area contributed by atoms with E-state index in [0.717, 1.165) is 41.3 Å². The number of alkyl halides is 1. The topological polar surface area (TPSA) is 30.3 Å². The van der Waals surface area contributed by atoms with E-state index in [1.807, 2.05) is 34.8 Å². The highest BCUT2D eigenvalue weighted by molar-refractivity contribution is 9.10. The van der Waals surface area contributed by atoms with Crippen LogP contribution in [0.2, 0.25) is 0 Å². The maximum absolute atomic E-state index is 15.3. The second-order valence-corrected chi connectivity index (χ2v) is 11.0. The minimum Gasteiger partial charge on any atom is -0.356 e. The van der Waals surface area contributed by atoms with E-state index >= 15 is 8.78 Å². The Morgan fingerprint density at radius 3 is 2.56 bits per heavy atom. The Bertz CT molecular complexity index is 1190. The largest absolute Gasteiger partial charge is 0.356 e. The fourth-order valence-electron chi connectivity index (χ4n) is 5.49. The molecule has 0 N–H and O–H groups in total. The van der Waals surface area contributed by atoms with Crippen LogP contribution in [0.1, 0.15) is 69.0 Å². The van der Waals surface area contributed by atoms with Gasteiger partial charge in [-0.1, -0.05) is 22.0 Å². The Labute approximate surface area is 206 Å². The van der Waals surface area contributed by atoms with Gasteiger partial charge in [-0.15, -0.1) is 0 Å². The predicted molar refractivity (Wildman–Crippen MR) is 130 cm³/mol. The molecule has 0 amide bonds. The Hall–Kier alpha value is -1.90. The summed E-state index contributed by atoms with van der Waals surface area (Å²) in [7, 11) is 0. The predicted octanol–water partition coefficient (Wildman–Crippen LogP) is 6.86. The number of hydrogen-bond donors (Lipinski definition) is 0. The second kappa shape index (κ2) is 8.95. The molecule has 0 radical (unpaired) electrons. The Kier molecular flexibility index (Phi) is 6.27. The van der Waals surface area contributed by atoms with Crippen molar-refractivity contribution in [3.05, 3.63) is 63.3 Å². The fourth-order valence-corrected chi connectivity index (χ4v) is 5.89. The van der Waals surface area contributed by atoms with Crippen LogP contribution < -0.4 is 0 Å². The lowest BCUT2D eigenvalue weighted by Crippen LogP contribution is -2.48. The van der Waals surface area contributed by atoms with E-state index in [1.165, 1.54) is 26.0 Å². The fraction of sp³-hybridized carbons (Fsp3) is 0.500. The molecular weight excluding hydrogens is 507 g/mol. The summed E-state index contributed by atoms with van der Waals surface area (Å²) in [4.78, 5) is 1.89. The van der Waals surface area contributed by atoms with E-state index in [9.17, 15) is 4.39 Å². The zero-order chi connectivity index (χ0) is 24.2. The lowest BCUT2D eigenvalue weighted by Gasteiger charge is -2.44. The van der Waals surface area contributed by atoms with Crippen molar-refractivity contribution in [2.24, 2.45) is 0 Å². The van der Waals surface area contributed by atoms with Crippen LogP contribution in [0.25, 0.3) is 10.9 Å². The molecule has 1 aromatic heterocycles. The highest BCUT2D eigenvalue weighted by atomic mass is 79.9. The normalized spacial score (nSPS) is 23.9. The lowest BCUT2D eigenvalue weighted by molar-refractivity contribution is -0.0366. The van der Waals surface area contributed by atoms with Crippen LogP contribution >= 0.6 is 15.9 Å². The molecular formula is C26H29BrF3N3O. The van der Waals surface area contributed by atoms with Gasteiger partial charge in [-0.2, -0.15) is 5.10 Å². The van der Waals surface area contributed by atoms with E-state index in [2.05, 4.69) is 21.0 Å². The summed E-state index contributed by atoms with van der Waals surface area (Å²) in [5, 5.41) is 5.60. The van der Waals surface area contributed by atoms with Crippen molar-refractivity contribution in [2.75, 3.05) is 13.2 Å². The molecule has 0 spiro atoms. The zero-order valence-corrected chi connectivity index (χ0v) is 21.2. The molecule has 3 heterocycles. The van der Waals surface area contributed by atoms with Crippen LogP contribution in [0.15, 0.2) is 34.9 Å². The summed E-state index contributed by atoms with van der Waals surface area (Å²) in [6.07, 6.45) is 5.41. The quantitative estimate of drug-likeness (QED) is 0.365. The number of fused-ring (bicyclic) bond motifs is 3. The third kappa shape index (κ3) is 4.29. The SMILES string of the molecule is C[C@@H]1Cc2c(ccc3c2cnn3C2CCCCO2)C(c2c(F)cc(Br)cc2F)N1CC(C)(C)F. The molecule has 5 rings (SSSR count). The highest BCUT2D eigenvalue weighted by Crippen LogP contribution is 2.44. The summed E-state index contributed by atoms with van der Waals surface area (Å²) in [5.74, 6) is -1.30. The minimum atomic E-state index is -1.53. The molecule has 2 aliphatic heterocycles.